The Labute approximate surface area is 209 Å². The summed E-state index contributed by atoms with van der Waals surface area (Å²) in [7, 11) is 0. The van der Waals surface area contributed by atoms with Crippen molar-refractivity contribution in [1.82, 2.24) is 4.98 Å². The smallest absolute Gasteiger partial charge is 0.324 e. The lowest BCUT2D eigenvalue weighted by Crippen LogP contribution is -2.25. The number of nitro groups is 3. The Balaban J connectivity index is 0.000000214. The summed E-state index contributed by atoms with van der Waals surface area (Å²) in [6.07, 6.45) is 3.00. The van der Waals surface area contributed by atoms with Crippen LogP contribution in [0.5, 0.6) is 11.5 Å². The van der Waals surface area contributed by atoms with E-state index < -0.39 is 37.6 Å². The second-order valence-corrected chi connectivity index (χ2v) is 7.81. The number of para-hydroxylation sites is 1. The molecule has 1 aromatic heterocycles. The third-order valence-corrected chi connectivity index (χ3v) is 5.56. The number of fused-ring (bicyclic) bond motifs is 1. The van der Waals surface area contributed by atoms with Gasteiger partial charge in [-0.1, -0.05) is 18.2 Å². The summed E-state index contributed by atoms with van der Waals surface area (Å²) in [5.41, 5.74) is 0.571. The van der Waals surface area contributed by atoms with E-state index in [9.17, 15) is 35.4 Å². The molecule has 3 N–H and O–H groups in total. The first-order chi connectivity index (χ1) is 17.6. The van der Waals surface area contributed by atoms with Crippen LogP contribution in [0.2, 0.25) is 0 Å². The predicted octanol–water partition coefficient (Wildman–Crippen LogP) is 5.06. The van der Waals surface area contributed by atoms with Crippen LogP contribution in [0.4, 0.5) is 22.7 Å². The first kappa shape index (κ1) is 26.4. The lowest BCUT2D eigenvalue weighted by atomic mass is 10.1. The molecule has 4 rings (SSSR count). The van der Waals surface area contributed by atoms with Crippen LogP contribution in [0.1, 0.15) is 12.5 Å². The molecule has 0 saturated carbocycles. The van der Waals surface area contributed by atoms with Crippen molar-refractivity contribution >= 4 is 33.7 Å². The van der Waals surface area contributed by atoms with Crippen LogP contribution in [-0.4, -0.2) is 43.1 Å². The summed E-state index contributed by atoms with van der Waals surface area (Å²) < 4.78 is 0. The number of aromatic nitrogens is 1. The number of hydrogen-bond donors (Lipinski definition) is 3. The lowest BCUT2D eigenvalue weighted by Gasteiger charge is -2.22. The Bertz CT molecular complexity index is 1400. The van der Waals surface area contributed by atoms with Gasteiger partial charge in [-0.25, -0.2) is 0 Å². The molecule has 0 bridgehead atoms. The van der Waals surface area contributed by atoms with Crippen molar-refractivity contribution in [2.75, 3.05) is 18.0 Å². The maximum Gasteiger partial charge on any atom is 0.324 e. The molecule has 0 aliphatic rings. The number of phenolic OH excluding ortho intramolecular Hbond substituents is 2. The summed E-state index contributed by atoms with van der Waals surface area (Å²) in [4.78, 5) is 33.4. The van der Waals surface area contributed by atoms with E-state index in [1.165, 1.54) is 11.3 Å². The highest BCUT2D eigenvalue weighted by Crippen LogP contribution is 2.39. The van der Waals surface area contributed by atoms with Gasteiger partial charge in [-0.3, -0.25) is 30.3 Å². The van der Waals surface area contributed by atoms with Crippen molar-refractivity contribution in [1.29, 1.82) is 0 Å². The number of aromatic amines is 1. The predicted molar refractivity (Wildman–Crippen MR) is 136 cm³/mol. The first-order valence-electron chi connectivity index (χ1n) is 11.0. The van der Waals surface area contributed by atoms with E-state index in [2.05, 4.69) is 41.1 Å². The first-order valence-corrected chi connectivity index (χ1v) is 11.0. The fourth-order valence-corrected chi connectivity index (χ4v) is 3.71. The van der Waals surface area contributed by atoms with Gasteiger partial charge in [0.05, 0.1) is 26.9 Å². The number of nitro benzene ring substituents is 3. The zero-order valence-corrected chi connectivity index (χ0v) is 19.6. The Morgan fingerprint density at radius 1 is 0.865 bits per heavy atom. The molecule has 13 heteroatoms. The van der Waals surface area contributed by atoms with Crippen molar-refractivity contribution < 1.29 is 25.0 Å². The van der Waals surface area contributed by atoms with Gasteiger partial charge in [0.1, 0.15) is 5.75 Å². The summed E-state index contributed by atoms with van der Waals surface area (Å²) in [5, 5.41) is 51.0. The molecule has 37 heavy (non-hydrogen) atoms. The van der Waals surface area contributed by atoms with E-state index in [4.69, 9.17) is 5.11 Å². The Hall–Kier alpha value is -5.20. The number of likely N-dealkylation sites (N-methyl/N-ethyl adjacent to an activating group) is 1. The van der Waals surface area contributed by atoms with E-state index in [0.717, 1.165) is 30.4 Å². The number of non-ortho nitro benzene ring substituents is 1. The molecular weight excluding hydrogens is 486 g/mol. The minimum absolute atomic E-state index is 0.318. The summed E-state index contributed by atoms with van der Waals surface area (Å²) in [5.74, 6) is -0.889. The van der Waals surface area contributed by atoms with Crippen LogP contribution in [-0.2, 0) is 6.42 Å². The molecule has 1 heterocycles. The van der Waals surface area contributed by atoms with Crippen molar-refractivity contribution in [3.05, 3.63) is 103 Å². The third-order valence-electron chi connectivity index (χ3n) is 5.56. The standard InChI is InChI=1S/C18H20N2O.C6H3N3O7/c1-2-20(15-6-4-3-5-7-15)11-10-14-13-19-18-9-8-16(21)12-17(14)18;10-6-4(8(13)14)1-3(7(11)12)2-5(6)9(15)16/h3-9,12-13,19,21H,2,10-11H2,1H3;1-2,10H. The number of nitrogens with zero attached hydrogens (tertiary/aromatic N) is 4. The minimum Gasteiger partial charge on any atom is -0.508 e. The van der Waals surface area contributed by atoms with Crippen LogP contribution < -0.4 is 4.90 Å². The van der Waals surface area contributed by atoms with Gasteiger partial charge in [-0.15, -0.1) is 0 Å². The number of benzene rings is 3. The molecule has 4 aromatic rings. The highest BCUT2D eigenvalue weighted by Gasteiger charge is 2.30. The Morgan fingerprint density at radius 3 is 2.03 bits per heavy atom. The van der Waals surface area contributed by atoms with Gasteiger partial charge in [-0.05, 0) is 49.2 Å². The van der Waals surface area contributed by atoms with Gasteiger partial charge in [0, 0.05) is 35.9 Å². The van der Waals surface area contributed by atoms with Crippen molar-refractivity contribution in [2.45, 2.75) is 13.3 Å². The summed E-state index contributed by atoms with van der Waals surface area (Å²) >= 11 is 0. The summed E-state index contributed by atoms with van der Waals surface area (Å²) in [6, 6.07) is 16.8. The van der Waals surface area contributed by atoms with Gasteiger partial charge < -0.3 is 20.1 Å². The highest BCUT2D eigenvalue weighted by molar-refractivity contribution is 5.84. The monoisotopic (exact) mass is 509 g/mol. The molecule has 0 unspecified atom stereocenters. The molecule has 13 nitrogen and oxygen atoms in total. The zero-order valence-electron chi connectivity index (χ0n) is 19.6. The lowest BCUT2D eigenvalue weighted by molar-refractivity contribution is -0.404. The largest absolute Gasteiger partial charge is 0.508 e. The fraction of sp³-hybridized carbons (Fsp3) is 0.167. The minimum atomic E-state index is -1.21. The molecule has 0 saturated heterocycles. The van der Waals surface area contributed by atoms with Crippen LogP contribution >= 0.6 is 0 Å². The third kappa shape index (κ3) is 6.28. The maximum absolute atomic E-state index is 10.4. The summed E-state index contributed by atoms with van der Waals surface area (Å²) in [6.45, 7) is 4.12. The molecule has 0 fully saturated rings. The van der Waals surface area contributed by atoms with Gasteiger partial charge in [-0.2, -0.15) is 0 Å². The SMILES string of the molecule is CCN(CCc1c[nH]c2ccc(O)cc12)c1ccccc1.O=[N+]([O-])c1cc([N+](=O)[O-])c(O)c([N+](=O)[O-])c1. The molecule has 0 amide bonds. The molecule has 192 valence electrons. The van der Waals surface area contributed by atoms with Crippen molar-refractivity contribution in [3.63, 3.8) is 0 Å². The topological polar surface area (TPSA) is 189 Å². The molecule has 3 aromatic carbocycles. The average molecular weight is 509 g/mol. The number of hydrogen-bond acceptors (Lipinski definition) is 9. The van der Waals surface area contributed by atoms with Crippen LogP contribution in [0.3, 0.4) is 0 Å². The van der Waals surface area contributed by atoms with E-state index in [0.29, 0.717) is 17.9 Å². The van der Waals surface area contributed by atoms with E-state index in [-0.39, 0.29) is 0 Å². The molecule has 0 aliphatic heterocycles. The zero-order chi connectivity index (χ0) is 27.1. The second-order valence-electron chi connectivity index (χ2n) is 7.81. The molecular formula is C24H23N5O8. The normalized spacial score (nSPS) is 10.4. The van der Waals surface area contributed by atoms with Crippen LogP contribution in [0.15, 0.2) is 66.9 Å². The Morgan fingerprint density at radius 2 is 1.49 bits per heavy atom. The number of anilines is 1. The van der Waals surface area contributed by atoms with Gasteiger partial charge in [0.25, 0.3) is 11.4 Å². The van der Waals surface area contributed by atoms with Gasteiger partial charge in [0.2, 0.25) is 0 Å². The van der Waals surface area contributed by atoms with E-state index in [1.807, 2.05) is 24.4 Å². The van der Waals surface area contributed by atoms with E-state index >= 15 is 0 Å². The number of rotatable bonds is 8. The Kier molecular flexibility index (Phi) is 8.20. The number of phenols is 2. The molecule has 0 aliphatic carbocycles. The van der Waals surface area contributed by atoms with Crippen LogP contribution in [0, 0.1) is 30.3 Å². The molecule has 0 spiro atoms. The molecule has 0 radical (unpaired) electrons. The van der Waals surface area contributed by atoms with Crippen molar-refractivity contribution in [3.8, 4) is 11.5 Å². The number of H-pyrrole nitrogens is 1. The highest BCUT2D eigenvalue weighted by atomic mass is 16.6. The average Bonchev–Trinajstić information content (AvgIpc) is 3.27. The van der Waals surface area contributed by atoms with Gasteiger partial charge >= 0.3 is 11.4 Å². The van der Waals surface area contributed by atoms with Crippen LogP contribution in [0.25, 0.3) is 10.9 Å². The fourth-order valence-electron chi connectivity index (χ4n) is 3.71. The van der Waals surface area contributed by atoms with Gasteiger partial charge in [0.15, 0.2) is 0 Å². The number of aromatic hydroxyl groups is 2. The number of nitrogens with one attached hydrogen (secondary N) is 1. The second kappa shape index (κ2) is 11.5. The van der Waals surface area contributed by atoms with E-state index in [1.54, 1.807) is 6.07 Å². The quantitative estimate of drug-likeness (QED) is 0.215. The van der Waals surface area contributed by atoms with Crippen molar-refractivity contribution in [2.24, 2.45) is 0 Å². The molecule has 0 atom stereocenters. The maximum atomic E-state index is 10.4.